The van der Waals surface area contributed by atoms with Crippen LogP contribution in [0.3, 0.4) is 0 Å². The summed E-state index contributed by atoms with van der Waals surface area (Å²) in [5.74, 6) is 2.09. The number of benzene rings is 1. The van der Waals surface area contributed by atoms with Gasteiger partial charge in [0.25, 0.3) is 0 Å². The van der Waals surface area contributed by atoms with E-state index in [0.717, 1.165) is 50.8 Å². The molecule has 0 unspecified atom stereocenters. The van der Waals surface area contributed by atoms with Crippen molar-refractivity contribution in [2.24, 2.45) is 0 Å². The lowest BCUT2D eigenvalue weighted by Crippen LogP contribution is -2.44. The summed E-state index contributed by atoms with van der Waals surface area (Å²) in [5, 5.41) is 3.36. The van der Waals surface area contributed by atoms with E-state index in [1.54, 1.807) is 0 Å². The minimum atomic E-state index is 0.778. The summed E-state index contributed by atoms with van der Waals surface area (Å²) in [7, 11) is 0. The standard InChI is InChI=1S/C14H22N2OS/c1-2-18-14-5-3-13(4-6-14)17-12-11-16-9-7-15-8-10-16/h3-6,15H,2,7-12H2,1H3. The largest absolute Gasteiger partial charge is 0.492 e. The molecule has 0 spiro atoms. The van der Waals surface area contributed by atoms with E-state index in [4.69, 9.17) is 4.74 Å². The van der Waals surface area contributed by atoms with Gasteiger partial charge in [-0.05, 0) is 30.0 Å². The van der Waals surface area contributed by atoms with Crippen molar-refractivity contribution in [3.63, 3.8) is 0 Å². The number of nitrogens with one attached hydrogen (secondary N) is 1. The average molecular weight is 266 g/mol. The van der Waals surface area contributed by atoms with Crippen LogP contribution >= 0.6 is 11.8 Å². The summed E-state index contributed by atoms with van der Waals surface area (Å²) in [4.78, 5) is 3.75. The molecule has 0 saturated carbocycles. The van der Waals surface area contributed by atoms with Crippen LogP contribution in [-0.2, 0) is 0 Å². The van der Waals surface area contributed by atoms with Crippen LogP contribution in [0.1, 0.15) is 6.92 Å². The van der Waals surface area contributed by atoms with Crippen molar-refractivity contribution in [3.8, 4) is 5.75 Å². The molecule has 0 atom stereocenters. The van der Waals surface area contributed by atoms with E-state index in [-0.39, 0.29) is 0 Å². The molecule has 0 aromatic heterocycles. The summed E-state index contributed by atoms with van der Waals surface area (Å²) in [6, 6.07) is 8.40. The zero-order valence-electron chi connectivity index (χ0n) is 11.0. The van der Waals surface area contributed by atoms with Gasteiger partial charge in [0.05, 0.1) is 0 Å². The van der Waals surface area contributed by atoms with Gasteiger partial charge in [0.15, 0.2) is 0 Å². The molecule has 1 N–H and O–H groups in total. The fourth-order valence-corrected chi connectivity index (χ4v) is 2.69. The zero-order valence-corrected chi connectivity index (χ0v) is 11.8. The van der Waals surface area contributed by atoms with Gasteiger partial charge in [-0.2, -0.15) is 0 Å². The molecule has 0 aliphatic carbocycles. The Hall–Kier alpha value is -0.710. The van der Waals surface area contributed by atoms with Gasteiger partial charge >= 0.3 is 0 Å². The monoisotopic (exact) mass is 266 g/mol. The topological polar surface area (TPSA) is 24.5 Å². The molecule has 1 aromatic carbocycles. The fourth-order valence-electron chi connectivity index (χ4n) is 2.03. The summed E-state index contributed by atoms with van der Waals surface area (Å²) in [6.45, 7) is 8.44. The summed E-state index contributed by atoms with van der Waals surface area (Å²) in [5.41, 5.74) is 0. The van der Waals surface area contributed by atoms with E-state index in [1.165, 1.54) is 4.90 Å². The van der Waals surface area contributed by atoms with E-state index < -0.39 is 0 Å². The first-order valence-corrected chi connectivity index (χ1v) is 7.66. The third-order valence-electron chi connectivity index (χ3n) is 3.02. The highest BCUT2D eigenvalue weighted by molar-refractivity contribution is 7.99. The van der Waals surface area contributed by atoms with Crippen LogP contribution in [0.2, 0.25) is 0 Å². The molecule has 0 radical (unpaired) electrons. The summed E-state index contributed by atoms with van der Waals surface area (Å²) in [6.07, 6.45) is 0. The predicted octanol–water partition coefficient (Wildman–Crippen LogP) is 2.08. The second-order valence-electron chi connectivity index (χ2n) is 4.34. The van der Waals surface area contributed by atoms with Gasteiger partial charge < -0.3 is 10.1 Å². The molecule has 1 heterocycles. The van der Waals surface area contributed by atoms with Crippen molar-refractivity contribution < 1.29 is 4.74 Å². The number of nitrogens with zero attached hydrogens (tertiary/aromatic N) is 1. The van der Waals surface area contributed by atoms with Crippen molar-refractivity contribution in [2.45, 2.75) is 11.8 Å². The highest BCUT2D eigenvalue weighted by atomic mass is 32.2. The molecule has 1 fully saturated rings. The van der Waals surface area contributed by atoms with Crippen LogP contribution < -0.4 is 10.1 Å². The highest BCUT2D eigenvalue weighted by Crippen LogP contribution is 2.20. The van der Waals surface area contributed by atoms with Crippen LogP contribution in [-0.4, -0.2) is 50.0 Å². The van der Waals surface area contributed by atoms with Crippen LogP contribution in [0.15, 0.2) is 29.2 Å². The van der Waals surface area contributed by atoms with Gasteiger partial charge in [-0.15, -0.1) is 11.8 Å². The summed E-state index contributed by atoms with van der Waals surface area (Å²) >= 11 is 1.86. The Balaban J connectivity index is 1.69. The maximum Gasteiger partial charge on any atom is 0.119 e. The molecule has 1 saturated heterocycles. The molecule has 18 heavy (non-hydrogen) atoms. The molecule has 1 aliphatic heterocycles. The first-order chi connectivity index (χ1) is 8.88. The minimum absolute atomic E-state index is 0.778. The normalized spacial score (nSPS) is 16.7. The molecular formula is C14H22N2OS. The van der Waals surface area contributed by atoms with Crippen LogP contribution in [0, 0.1) is 0 Å². The predicted molar refractivity (Wildman–Crippen MR) is 77.6 cm³/mol. The van der Waals surface area contributed by atoms with Gasteiger partial charge in [0.2, 0.25) is 0 Å². The number of hydrogen-bond donors (Lipinski definition) is 1. The Morgan fingerprint density at radius 1 is 1.22 bits per heavy atom. The van der Waals surface area contributed by atoms with Gasteiger partial charge in [-0.25, -0.2) is 0 Å². The smallest absolute Gasteiger partial charge is 0.119 e. The van der Waals surface area contributed by atoms with Crippen molar-refractivity contribution in [2.75, 3.05) is 45.1 Å². The molecule has 1 aliphatic rings. The van der Waals surface area contributed by atoms with E-state index in [9.17, 15) is 0 Å². The highest BCUT2D eigenvalue weighted by Gasteiger charge is 2.08. The Labute approximate surface area is 114 Å². The average Bonchev–Trinajstić information content (AvgIpc) is 2.42. The summed E-state index contributed by atoms with van der Waals surface area (Å²) < 4.78 is 5.77. The Morgan fingerprint density at radius 2 is 1.94 bits per heavy atom. The molecular weight excluding hydrogens is 244 g/mol. The lowest BCUT2D eigenvalue weighted by atomic mass is 10.3. The molecule has 0 bridgehead atoms. The molecule has 1 aromatic rings. The molecule has 100 valence electrons. The number of piperazine rings is 1. The minimum Gasteiger partial charge on any atom is -0.492 e. The number of ether oxygens (including phenoxy) is 1. The Kier molecular flexibility index (Phi) is 5.84. The first-order valence-electron chi connectivity index (χ1n) is 6.67. The number of rotatable bonds is 6. The van der Waals surface area contributed by atoms with Crippen molar-refractivity contribution in [1.29, 1.82) is 0 Å². The molecule has 4 heteroatoms. The van der Waals surface area contributed by atoms with Crippen LogP contribution in [0.4, 0.5) is 0 Å². The number of hydrogen-bond acceptors (Lipinski definition) is 4. The first kappa shape index (κ1) is 13.7. The van der Waals surface area contributed by atoms with Gasteiger partial charge in [-0.3, -0.25) is 4.90 Å². The van der Waals surface area contributed by atoms with E-state index in [1.807, 2.05) is 11.8 Å². The molecule has 3 nitrogen and oxygen atoms in total. The van der Waals surface area contributed by atoms with Gasteiger partial charge in [0.1, 0.15) is 12.4 Å². The van der Waals surface area contributed by atoms with Crippen LogP contribution in [0.5, 0.6) is 5.75 Å². The lowest BCUT2D eigenvalue weighted by Gasteiger charge is -2.26. The zero-order chi connectivity index (χ0) is 12.6. The maximum absolute atomic E-state index is 5.77. The molecule has 0 amide bonds. The van der Waals surface area contributed by atoms with E-state index in [0.29, 0.717) is 0 Å². The van der Waals surface area contributed by atoms with E-state index in [2.05, 4.69) is 41.4 Å². The van der Waals surface area contributed by atoms with Gasteiger partial charge in [-0.1, -0.05) is 6.92 Å². The van der Waals surface area contributed by atoms with Crippen molar-refractivity contribution in [1.82, 2.24) is 10.2 Å². The lowest BCUT2D eigenvalue weighted by molar-refractivity contribution is 0.191. The maximum atomic E-state index is 5.77. The fraction of sp³-hybridized carbons (Fsp3) is 0.571. The second kappa shape index (κ2) is 7.67. The van der Waals surface area contributed by atoms with Crippen molar-refractivity contribution >= 4 is 11.8 Å². The van der Waals surface area contributed by atoms with E-state index >= 15 is 0 Å². The number of thioether (sulfide) groups is 1. The quantitative estimate of drug-likeness (QED) is 0.797. The Bertz CT molecular complexity index is 336. The van der Waals surface area contributed by atoms with Crippen molar-refractivity contribution in [3.05, 3.63) is 24.3 Å². The third-order valence-corrected chi connectivity index (χ3v) is 3.91. The Morgan fingerprint density at radius 3 is 2.61 bits per heavy atom. The molecule has 2 rings (SSSR count). The van der Waals surface area contributed by atoms with Gasteiger partial charge in [0, 0.05) is 37.6 Å². The third kappa shape index (κ3) is 4.52. The SMILES string of the molecule is CCSc1ccc(OCCN2CCNCC2)cc1. The van der Waals surface area contributed by atoms with Crippen LogP contribution in [0.25, 0.3) is 0 Å². The second-order valence-corrected chi connectivity index (χ2v) is 5.68.